The van der Waals surface area contributed by atoms with Crippen molar-refractivity contribution in [2.24, 2.45) is 0 Å². The van der Waals surface area contributed by atoms with Crippen molar-refractivity contribution in [3.05, 3.63) is 92.5 Å². The Balaban J connectivity index is 1.54. The molecule has 35 heavy (non-hydrogen) atoms. The average molecular weight is 495 g/mol. The number of halogens is 1. The number of imide groups is 1. The number of nitrogens with one attached hydrogen (secondary N) is 2. The normalized spacial score (nSPS) is 14.5. The third kappa shape index (κ3) is 5.36. The lowest BCUT2D eigenvalue weighted by atomic mass is 10.1. The number of benzene rings is 2. The van der Waals surface area contributed by atoms with Gasteiger partial charge in [-0.05, 0) is 36.3 Å². The summed E-state index contributed by atoms with van der Waals surface area (Å²) >= 11 is 6.07. The summed E-state index contributed by atoms with van der Waals surface area (Å²) in [6, 6.07) is 15.1. The number of esters is 1. The van der Waals surface area contributed by atoms with Crippen molar-refractivity contribution < 1.29 is 19.1 Å². The largest absolute Gasteiger partial charge is 0.459 e. The topological polar surface area (TPSA) is 114 Å². The second-order valence-corrected chi connectivity index (χ2v) is 8.34. The van der Waals surface area contributed by atoms with Gasteiger partial charge in [0.05, 0.1) is 11.3 Å². The van der Waals surface area contributed by atoms with Gasteiger partial charge in [0.25, 0.3) is 11.5 Å². The predicted molar refractivity (Wildman–Crippen MR) is 130 cm³/mol. The van der Waals surface area contributed by atoms with E-state index in [2.05, 4.69) is 10.4 Å². The number of rotatable bonds is 8. The van der Waals surface area contributed by atoms with E-state index in [1.165, 1.54) is 10.8 Å². The maximum absolute atomic E-state index is 13.2. The molecule has 3 aromatic rings. The molecule has 4 rings (SSSR count). The minimum Gasteiger partial charge on any atom is -0.459 e. The number of hydrogen-bond donors (Lipinski definition) is 2. The van der Waals surface area contributed by atoms with Crippen LogP contribution in [-0.2, 0) is 27.4 Å². The predicted octanol–water partition coefficient (Wildman–Crippen LogP) is 3.41. The molecule has 0 unspecified atom stereocenters. The van der Waals surface area contributed by atoms with Crippen molar-refractivity contribution in [2.75, 3.05) is 6.54 Å². The molecule has 3 amide bonds. The average Bonchev–Trinajstić information content (AvgIpc) is 3.29. The highest BCUT2D eigenvalue weighted by atomic mass is 35.5. The maximum Gasteiger partial charge on any atom is 0.329 e. The molecule has 10 heteroatoms. The second kappa shape index (κ2) is 10.4. The Morgan fingerprint density at radius 2 is 1.86 bits per heavy atom. The van der Waals surface area contributed by atoms with Gasteiger partial charge in [0.1, 0.15) is 18.8 Å². The van der Waals surface area contributed by atoms with Gasteiger partial charge in [-0.2, -0.15) is 0 Å². The number of aryl methyl sites for hydroxylation is 1. The lowest BCUT2D eigenvalue weighted by molar-refractivity contribution is -0.147. The zero-order chi connectivity index (χ0) is 24.9. The number of hydrogen-bond acceptors (Lipinski definition) is 5. The fourth-order valence-corrected chi connectivity index (χ4v) is 3.84. The first-order valence-corrected chi connectivity index (χ1v) is 11.4. The van der Waals surface area contributed by atoms with Gasteiger partial charge >= 0.3 is 12.0 Å². The van der Waals surface area contributed by atoms with Crippen LogP contribution in [0.5, 0.6) is 0 Å². The minimum absolute atomic E-state index is 0.0266. The number of ether oxygens (including phenoxy) is 1. The number of urea groups is 1. The van der Waals surface area contributed by atoms with Crippen molar-refractivity contribution >= 4 is 35.6 Å². The monoisotopic (exact) mass is 494 g/mol. The van der Waals surface area contributed by atoms with Crippen molar-refractivity contribution in [3.8, 4) is 5.69 Å². The third-order valence-corrected chi connectivity index (χ3v) is 5.59. The van der Waals surface area contributed by atoms with Gasteiger partial charge in [0.2, 0.25) is 0 Å². The molecule has 1 saturated heterocycles. The minimum atomic E-state index is -0.763. The van der Waals surface area contributed by atoms with Crippen LogP contribution in [0.15, 0.2) is 65.1 Å². The van der Waals surface area contributed by atoms with Gasteiger partial charge < -0.3 is 10.1 Å². The third-order valence-electron chi connectivity index (χ3n) is 5.35. The summed E-state index contributed by atoms with van der Waals surface area (Å²) in [5.41, 5.74) is 1.67. The number of aromatic amines is 1. The zero-order valence-electron chi connectivity index (χ0n) is 18.9. The molecule has 0 radical (unpaired) electrons. The Kier molecular flexibility index (Phi) is 7.17. The van der Waals surface area contributed by atoms with E-state index in [1.54, 1.807) is 36.4 Å². The van der Waals surface area contributed by atoms with Crippen molar-refractivity contribution in [1.29, 1.82) is 0 Å². The molecule has 2 N–H and O–H groups in total. The molecule has 1 fully saturated rings. The molecule has 0 bridgehead atoms. The molecular weight excluding hydrogens is 472 g/mol. The highest BCUT2D eigenvalue weighted by Gasteiger charge is 2.36. The summed E-state index contributed by atoms with van der Waals surface area (Å²) in [7, 11) is 0. The van der Waals surface area contributed by atoms with E-state index in [4.69, 9.17) is 16.3 Å². The van der Waals surface area contributed by atoms with Crippen LogP contribution in [0.1, 0.15) is 30.2 Å². The first-order chi connectivity index (χ1) is 16.9. The second-order valence-electron chi connectivity index (χ2n) is 7.90. The fraction of sp³-hybridized carbons (Fsp3) is 0.200. The van der Waals surface area contributed by atoms with E-state index in [1.807, 2.05) is 25.1 Å². The molecule has 1 aliphatic rings. The van der Waals surface area contributed by atoms with Gasteiger partial charge in [-0.3, -0.25) is 19.5 Å². The van der Waals surface area contributed by atoms with Crippen LogP contribution in [0.3, 0.4) is 0 Å². The molecule has 180 valence electrons. The van der Waals surface area contributed by atoms with E-state index in [0.717, 1.165) is 16.9 Å². The SMILES string of the molecule is CCCc1[nH]n(-c2cccc(Cl)c2)c(=O)c1/C=C1\NC(=O)N(CC(=O)OCc2ccccc2)C1=O. The van der Waals surface area contributed by atoms with Crippen LogP contribution in [0.4, 0.5) is 4.79 Å². The highest BCUT2D eigenvalue weighted by molar-refractivity contribution is 6.30. The zero-order valence-corrected chi connectivity index (χ0v) is 19.7. The molecule has 9 nitrogen and oxygen atoms in total. The Bertz CT molecular complexity index is 1360. The van der Waals surface area contributed by atoms with Gasteiger partial charge in [0.15, 0.2) is 0 Å². The molecule has 1 aromatic heterocycles. The lowest BCUT2D eigenvalue weighted by Gasteiger charge is -2.11. The maximum atomic E-state index is 13.2. The van der Waals surface area contributed by atoms with Crippen LogP contribution in [0.25, 0.3) is 11.8 Å². The summed E-state index contributed by atoms with van der Waals surface area (Å²) in [4.78, 5) is 51.4. The molecule has 1 aliphatic heterocycles. The molecule has 2 heterocycles. The molecule has 0 saturated carbocycles. The number of aromatic nitrogens is 2. The quantitative estimate of drug-likeness (QED) is 0.283. The van der Waals surface area contributed by atoms with Crippen LogP contribution in [0, 0.1) is 0 Å². The van der Waals surface area contributed by atoms with E-state index < -0.39 is 30.0 Å². The summed E-state index contributed by atoms with van der Waals surface area (Å²) in [6.45, 7) is 1.44. The lowest BCUT2D eigenvalue weighted by Crippen LogP contribution is -2.36. The van der Waals surface area contributed by atoms with Crippen molar-refractivity contribution in [2.45, 2.75) is 26.4 Å². The van der Waals surface area contributed by atoms with E-state index >= 15 is 0 Å². The summed E-state index contributed by atoms with van der Waals surface area (Å²) in [5.74, 6) is -1.45. The molecule has 2 aromatic carbocycles. The first-order valence-electron chi connectivity index (χ1n) is 11.0. The molecule has 0 aliphatic carbocycles. The smallest absolute Gasteiger partial charge is 0.329 e. The Labute approximate surface area is 205 Å². The number of nitrogens with zero attached hydrogens (tertiary/aromatic N) is 2. The van der Waals surface area contributed by atoms with Crippen LogP contribution < -0.4 is 10.9 Å². The Hall–Kier alpha value is -4.11. The summed E-state index contributed by atoms with van der Waals surface area (Å²) in [5, 5.41) is 5.97. The van der Waals surface area contributed by atoms with Crippen molar-refractivity contribution in [1.82, 2.24) is 20.0 Å². The molecule has 0 spiro atoms. The van der Waals surface area contributed by atoms with Crippen LogP contribution >= 0.6 is 11.6 Å². The Morgan fingerprint density at radius 3 is 2.57 bits per heavy atom. The highest BCUT2D eigenvalue weighted by Crippen LogP contribution is 2.18. The van der Waals surface area contributed by atoms with E-state index in [9.17, 15) is 19.2 Å². The number of carbonyl (C=O) groups excluding carboxylic acids is 3. The summed E-state index contributed by atoms with van der Waals surface area (Å²) < 4.78 is 6.51. The van der Waals surface area contributed by atoms with Crippen molar-refractivity contribution in [3.63, 3.8) is 0 Å². The molecular formula is C25H23ClN4O5. The number of H-pyrrole nitrogens is 1. The standard InChI is InChI=1S/C25H23ClN4O5/c1-2-7-20-19(23(32)30(28-20)18-11-6-10-17(26)12-18)13-21-24(33)29(25(34)27-21)14-22(31)35-15-16-8-4-3-5-9-16/h3-6,8-13,28H,2,7,14-15H2,1H3,(H,27,34)/b21-13-. The fourth-order valence-electron chi connectivity index (χ4n) is 3.65. The first kappa shape index (κ1) is 24.0. The summed E-state index contributed by atoms with van der Waals surface area (Å²) in [6.07, 6.45) is 2.62. The number of amides is 3. The van der Waals surface area contributed by atoms with Crippen LogP contribution in [0.2, 0.25) is 5.02 Å². The number of carbonyl (C=O) groups is 3. The van der Waals surface area contributed by atoms with E-state index in [-0.39, 0.29) is 17.9 Å². The molecule has 0 atom stereocenters. The van der Waals surface area contributed by atoms with Gasteiger partial charge in [-0.25, -0.2) is 14.4 Å². The van der Waals surface area contributed by atoms with E-state index in [0.29, 0.717) is 22.8 Å². The Morgan fingerprint density at radius 1 is 1.09 bits per heavy atom. The van der Waals surface area contributed by atoms with Gasteiger partial charge in [-0.15, -0.1) is 0 Å². The van der Waals surface area contributed by atoms with Crippen LogP contribution in [-0.4, -0.2) is 39.1 Å². The van der Waals surface area contributed by atoms with Gasteiger partial charge in [-0.1, -0.05) is 61.3 Å². The van der Waals surface area contributed by atoms with Gasteiger partial charge in [0, 0.05) is 10.7 Å².